The number of amides is 2. The molecule has 0 aliphatic rings. The van der Waals surface area contributed by atoms with Gasteiger partial charge in [0.1, 0.15) is 5.82 Å². The van der Waals surface area contributed by atoms with Crippen LogP contribution < -0.4 is 10.6 Å². The molecule has 1 aromatic carbocycles. The monoisotopic (exact) mass is 392 g/mol. The van der Waals surface area contributed by atoms with Crippen molar-refractivity contribution in [1.82, 2.24) is 19.5 Å². The number of benzene rings is 1. The van der Waals surface area contributed by atoms with Crippen LogP contribution in [0.25, 0.3) is 0 Å². The van der Waals surface area contributed by atoms with E-state index in [-0.39, 0.29) is 17.2 Å². The van der Waals surface area contributed by atoms with Crippen molar-refractivity contribution in [3.8, 4) is 0 Å². The fourth-order valence-electron chi connectivity index (χ4n) is 2.59. The van der Waals surface area contributed by atoms with Gasteiger partial charge in [-0.2, -0.15) is 0 Å². The molecule has 3 rings (SSSR count). The van der Waals surface area contributed by atoms with Gasteiger partial charge in [0.2, 0.25) is 5.91 Å². The molecule has 0 aliphatic heterocycles. The Hall–Kier alpha value is -3.55. The molecule has 29 heavy (non-hydrogen) atoms. The number of anilines is 2. The predicted octanol–water partition coefficient (Wildman–Crippen LogP) is 3.25. The minimum atomic E-state index is -0.299. The van der Waals surface area contributed by atoms with Crippen molar-refractivity contribution in [2.75, 3.05) is 10.6 Å². The average Bonchev–Trinajstić information content (AvgIpc) is 3.20. The largest absolute Gasteiger partial charge is 0.337 e. The molecule has 0 aliphatic carbocycles. The van der Waals surface area contributed by atoms with E-state index in [0.29, 0.717) is 35.7 Å². The van der Waals surface area contributed by atoms with Gasteiger partial charge in [0.05, 0.1) is 24.4 Å². The molecular weight excluding hydrogens is 368 g/mol. The molecule has 2 N–H and O–H groups in total. The highest BCUT2D eigenvalue weighted by Crippen LogP contribution is 2.19. The molecule has 2 aromatic heterocycles. The summed E-state index contributed by atoms with van der Waals surface area (Å²) in [6.45, 7) is 6.61. The molecule has 8 nitrogen and oxygen atoms in total. The Morgan fingerprint density at radius 3 is 2.48 bits per heavy atom. The highest BCUT2D eigenvalue weighted by Gasteiger charge is 2.17. The molecule has 2 heterocycles. The van der Waals surface area contributed by atoms with Crippen molar-refractivity contribution in [1.29, 1.82) is 0 Å². The zero-order valence-electron chi connectivity index (χ0n) is 16.7. The van der Waals surface area contributed by atoms with Crippen molar-refractivity contribution in [3.63, 3.8) is 0 Å². The fourth-order valence-corrected chi connectivity index (χ4v) is 2.59. The molecule has 0 unspecified atom stereocenters. The summed E-state index contributed by atoms with van der Waals surface area (Å²) in [5.74, 6) is 0.268. The van der Waals surface area contributed by atoms with Gasteiger partial charge in [0.25, 0.3) is 5.91 Å². The van der Waals surface area contributed by atoms with Crippen molar-refractivity contribution in [2.45, 2.75) is 39.2 Å². The molecule has 0 spiro atoms. The zero-order valence-corrected chi connectivity index (χ0v) is 16.7. The first-order chi connectivity index (χ1) is 13.8. The van der Waals surface area contributed by atoms with Crippen LogP contribution in [0.2, 0.25) is 0 Å². The van der Waals surface area contributed by atoms with E-state index in [1.807, 2.05) is 25.3 Å². The SMILES string of the molecule is CC(C)(C)c1ncc(NC(=O)c2cccc(NC(=O)CCn3ccnc3)c2)cn1. The summed E-state index contributed by atoms with van der Waals surface area (Å²) in [6, 6.07) is 6.78. The molecule has 0 saturated carbocycles. The number of aromatic nitrogens is 4. The third-order valence-corrected chi connectivity index (χ3v) is 4.15. The van der Waals surface area contributed by atoms with E-state index in [2.05, 4.69) is 25.6 Å². The summed E-state index contributed by atoms with van der Waals surface area (Å²) in [6.07, 6.45) is 8.62. The normalized spacial score (nSPS) is 11.1. The molecule has 3 aromatic rings. The Balaban J connectivity index is 1.59. The lowest BCUT2D eigenvalue weighted by molar-refractivity contribution is -0.116. The summed E-state index contributed by atoms with van der Waals surface area (Å²) in [7, 11) is 0. The van der Waals surface area contributed by atoms with Gasteiger partial charge >= 0.3 is 0 Å². The van der Waals surface area contributed by atoms with Gasteiger partial charge in [-0.25, -0.2) is 15.0 Å². The van der Waals surface area contributed by atoms with Crippen LogP contribution in [0.3, 0.4) is 0 Å². The predicted molar refractivity (Wildman–Crippen MR) is 111 cm³/mol. The van der Waals surface area contributed by atoms with Gasteiger partial charge < -0.3 is 15.2 Å². The molecule has 0 fully saturated rings. The second-order valence-electron chi connectivity index (χ2n) is 7.68. The quantitative estimate of drug-likeness (QED) is 0.670. The molecule has 0 radical (unpaired) electrons. The maximum absolute atomic E-state index is 12.5. The lowest BCUT2D eigenvalue weighted by Crippen LogP contribution is -2.18. The molecule has 0 saturated heterocycles. The van der Waals surface area contributed by atoms with E-state index < -0.39 is 0 Å². The zero-order chi connectivity index (χ0) is 20.9. The Morgan fingerprint density at radius 2 is 1.83 bits per heavy atom. The highest BCUT2D eigenvalue weighted by atomic mass is 16.2. The number of carbonyl (C=O) groups excluding carboxylic acids is 2. The molecule has 0 atom stereocenters. The number of carbonyl (C=O) groups is 2. The number of nitrogens with zero attached hydrogens (tertiary/aromatic N) is 4. The lowest BCUT2D eigenvalue weighted by atomic mass is 9.96. The van der Waals surface area contributed by atoms with Crippen molar-refractivity contribution in [3.05, 3.63) is 66.8 Å². The van der Waals surface area contributed by atoms with Crippen LogP contribution in [-0.2, 0) is 16.8 Å². The van der Waals surface area contributed by atoms with Crippen LogP contribution in [0.15, 0.2) is 55.4 Å². The summed E-state index contributed by atoms with van der Waals surface area (Å²) < 4.78 is 1.83. The maximum Gasteiger partial charge on any atom is 0.255 e. The first kappa shape index (κ1) is 20.2. The topological polar surface area (TPSA) is 102 Å². The van der Waals surface area contributed by atoms with Gasteiger partial charge in [-0.15, -0.1) is 0 Å². The van der Waals surface area contributed by atoms with E-state index in [1.54, 1.807) is 55.4 Å². The number of hydrogen-bond donors (Lipinski definition) is 2. The summed E-state index contributed by atoms with van der Waals surface area (Å²) in [5.41, 5.74) is 1.34. The first-order valence-electron chi connectivity index (χ1n) is 9.31. The van der Waals surface area contributed by atoms with Crippen LogP contribution in [0, 0.1) is 0 Å². The summed E-state index contributed by atoms with van der Waals surface area (Å²) in [5, 5.41) is 5.58. The molecule has 150 valence electrons. The standard InChI is InChI=1S/C21H24N6O2/c1-21(2,3)20-23-12-17(13-24-20)26-19(29)15-5-4-6-16(11-15)25-18(28)7-9-27-10-8-22-14-27/h4-6,8,10-14H,7,9H2,1-3H3,(H,25,28)(H,26,29). The molecule has 0 bridgehead atoms. The second-order valence-corrected chi connectivity index (χ2v) is 7.68. The van der Waals surface area contributed by atoms with E-state index in [4.69, 9.17) is 0 Å². The van der Waals surface area contributed by atoms with E-state index >= 15 is 0 Å². The average molecular weight is 392 g/mol. The van der Waals surface area contributed by atoms with Gasteiger partial charge in [-0.1, -0.05) is 26.8 Å². The lowest BCUT2D eigenvalue weighted by Gasteiger charge is -2.16. The third kappa shape index (κ3) is 5.71. The molecule has 2 amide bonds. The summed E-state index contributed by atoms with van der Waals surface area (Å²) in [4.78, 5) is 37.2. The van der Waals surface area contributed by atoms with Gasteiger partial charge in [0.15, 0.2) is 0 Å². The number of aryl methyl sites for hydroxylation is 1. The van der Waals surface area contributed by atoms with Crippen molar-refractivity contribution >= 4 is 23.2 Å². The first-order valence-corrected chi connectivity index (χ1v) is 9.31. The Kier molecular flexibility index (Phi) is 6.01. The Labute approximate surface area is 169 Å². The van der Waals surface area contributed by atoms with E-state index in [9.17, 15) is 9.59 Å². The third-order valence-electron chi connectivity index (χ3n) is 4.15. The van der Waals surface area contributed by atoms with Gasteiger partial charge in [-0.3, -0.25) is 9.59 Å². The van der Waals surface area contributed by atoms with Crippen molar-refractivity contribution in [2.24, 2.45) is 0 Å². The smallest absolute Gasteiger partial charge is 0.255 e. The molecule has 8 heteroatoms. The number of rotatable bonds is 6. The van der Waals surface area contributed by atoms with Crippen LogP contribution in [0.4, 0.5) is 11.4 Å². The number of imidazole rings is 1. The van der Waals surface area contributed by atoms with Crippen LogP contribution >= 0.6 is 0 Å². The number of nitrogens with one attached hydrogen (secondary N) is 2. The van der Waals surface area contributed by atoms with Gasteiger partial charge in [0, 0.05) is 42.0 Å². The highest BCUT2D eigenvalue weighted by molar-refractivity contribution is 6.05. The van der Waals surface area contributed by atoms with E-state index in [0.717, 1.165) is 0 Å². The Bertz CT molecular complexity index is 975. The van der Waals surface area contributed by atoms with Gasteiger partial charge in [-0.05, 0) is 18.2 Å². The van der Waals surface area contributed by atoms with Crippen LogP contribution in [-0.4, -0.2) is 31.3 Å². The number of hydrogen-bond acceptors (Lipinski definition) is 5. The minimum absolute atomic E-state index is 0.137. The second kappa shape index (κ2) is 8.64. The Morgan fingerprint density at radius 1 is 1.07 bits per heavy atom. The minimum Gasteiger partial charge on any atom is -0.337 e. The maximum atomic E-state index is 12.5. The fraction of sp³-hybridized carbons (Fsp3) is 0.286. The van der Waals surface area contributed by atoms with E-state index in [1.165, 1.54) is 0 Å². The molecular formula is C21H24N6O2. The summed E-state index contributed by atoms with van der Waals surface area (Å²) >= 11 is 0. The van der Waals surface area contributed by atoms with Crippen LogP contribution in [0.5, 0.6) is 0 Å². The van der Waals surface area contributed by atoms with Crippen molar-refractivity contribution < 1.29 is 9.59 Å². The van der Waals surface area contributed by atoms with Crippen LogP contribution in [0.1, 0.15) is 43.4 Å².